The Morgan fingerprint density at radius 1 is 0.266 bits per heavy atom. The average molecular weight is 1110 g/mol. The fraction of sp³-hybridized carbons (Fsp3) is 0.822. The molecule has 0 rings (SSSR count). The van der Waals surface area contributed by atoms with E-state index in [1.165, 1.54) is 225 Å². The Bertz CT molecular complexity index is 1410. The van der Waals surface area contributed by atoms with Crippen molar-refractivity contribution in [2.45, 2.75) is 374 Å². The van der Waals surface area contributed by atoms with Crippen LogP contribution in [-0.4, -0.2) is 37.2 Å². The molecule has 0 saturated heterocycles. The minimum atomic E-state index is -0.790. The number of ether oxygens (including phenoxy) is 3. The zero-order valence-corrected chi connectivity index (χ0v) is 52.9. The SMILES string of the molecule is CC/C=C\C/C=C\C/C=C\C/C=C\CCCCCCC(=O)OC(COC(=O)CCCCCCC/C=C\CCCC)COC(=O)CCCCCCCCCCCCCCCCCCCCCCCCCCCCCCCCCCC. The topological polar surface area (TPSA) is 78.9 Å². The third-order valence-corrected chi connectivity index (χ3v) is 15.5. The fourth-order valence-corrected chi connectivity index (χ4v) is 10.3. The van der Waals surface area contributed by atoms with Gasteiger partial charge in [0.25, 0.3) is 0 Å². The highest BCUT2D eigenvalue weighted by Crippen LogP contribution is 2.18. The first-order chi connectivity index (χ1) is 39.0. The lowest BCUT2D eigenvalue weighted by atomic mass is 10.0. The number of unbranched alkanes of at least 4 members (excludes halogenated alkanes) is 43. The molecule has 0 aliphatic rings. The molecule has 0 aromatic carbocycles. The van der Waals surface area contributed by atoms with E-state index in [2.05, 4.69) is 81.5 Å². The quantitative estimate of drug-likeness (QED) is 0.0261. The summed E-state index contributed by atoms with van der Waals surface area (Å²) < 4.78 is 16.9. The van der Waals surface area contributed by atoms with Crippen LogP contribution in [0.25, 0.3) is 0 Å². The van der Waals surface area contributed by atoms with Crippen LogP contribution in [0.15, 0.2) is 60.8 Å². The van der Waals surface area contributed by atoms with Gasteiger partial charge in [0.1, 0.15) is 13.2 Å². The first-order valence-corrected chi connectivity index (χ1v) is 34.8. The van der Waals surface area contributed by atoms with Gasteiger partial charge in [-0.05, 0) is 77.0 Å². The van der Waals surface area contributed by atoms with Gasteiger partial charge in [0, 0.05) is 19.3 Å². The number of rotatable bonds is 64. The molecule has 0 saturated carbocycles. The van der Waals surface area contributed by atoms with Crippen LogP contribution < -0.4 is 0 Å². The summed E-state index contributed by atoms with van der Waals surface area (Å²) in [7, 11) is 0. The van der Waals surface area contributed by atoms with E-state index in [0.29, 0.717) is 19.3 Å². The van der Waals surface area contributed by atoms with Crippen molar-refractivity contribution in [2.75, 3.05) is 13.2 Å². The molecule has 0 aliphatic carbocycles. The minimum Gasteiger partial charge on any atom is -0.462 e. The minimum absolute atomic E-state index is 0.0841. The number of carbonyl (C=O) groups is 3. The van der Waals surface area contributed by atoms with Gasteiger partial charge < -0.3 is 14.2 Å². The maximum atomic E-state index is 12.9. The molecule has 1 unspecified atom stereocenters. The van der Waals surface area contributed by atoms with Crippen molar-refractivity contribution in [3.63, 3.8) is 0 Å². The summed E-state index contributed by atoms with van der Waals surface area (Å²) in [5.74, 6) is -0.901. The van der Waals surface area contributed by atoms with Gasteiger partial charge in [-0.25, -0.2) is 0 Å². The molecule has 0 N–H and O–H groups in total. The van der Waals surface area contributed by atoms with E-state index < -0.39 is 6.10 Å². The molecule has 0 aromatic heterocycles. The van der Waals surface area contributed by atoms with E-state index >= 15 is 0 Å². The molecular formula is C73H132O6. The molecular weight excluding hydrogens is 973 g/mol. The summed E-state index contributed by atoms with van der Waals surface area (Å²) >= 11 is 0. The number of carbonyl (C=O) groups excluding carboxylic acids is 3. The Labute approximate surface area is 491 Å². The maximum absolute atomic E-state index is 12.9. The zero-order valence-electron chi connectivity index (χ0n) is 52.9. The standard InChI is InChI=1S/C73H132O6/c1-4-7-10-13-16-19-22-24-26-28-29-30-31-32-33-34-35-36-37-38-39-40-41-42-43-45-46-48-51-54-57-60-63-66-72(75)78-69-70(68-77-71(74)65-62-59-56-53-50-21-18-15-12-9-6-3)79-73(76)67-64-61-58-55-52-49-47-44-27-25-23-20-17-14-11-8-5-2/h8,11,15,17-18,20,25,27,47,49,70H,4-7,9-10,12-14,16,19,21-24,26,28-46,48,50-69H2,1-3H3/b11-8-,18-15-,20-17-,27-25-,49-47-. The van der Waals surface area contributed by atoms with E-state index in [0.717, 1.165) is 103 Å². The molecule has 79 heavy (non-hydrogen) atoms. The number of hydrogen-bond acceptors (Lipinski definition) is 6. The van der Waals surface area contributed by atoms with Crippen molar-refractivity contribution in [3.05, 3.63) is 60.8 Å². The summed E-state index contributed by atoms with van der Waals surface area (Å²) in [5.41, 5.74) is 0. The predicted molar refractivity (Wildman–Crippen MR) is 344 cm³/mol. The van der Waals surface area contributed by atoms with Crippen molar-refractivity contribution in [3.8, 4) is 0 Å². The van der Waals surface area contributed by atoms with Gasteiger partial charge in [-0.15, -0.1) is 0 Å². The molecule has 6 nitrogen and oxygen atoms in total. The van der Waals surface area contributed by atoms with Gasteiger partial charge in [0.2, 0.25) is 0 Å². The van der Waals surface area contributed by atoms with E-state index in [1.807, 2.05) is 0 Å². The fourth-order valence-electron chi connectivity index (χ4n) is 10.3. The van der Waals surface area contributed by atoms with Crippen molar-refractivity contribution in [2.24, 2.45) is 0 Å². The van der Waals surface area contributed by atoms with Crippen LogP contribution in [0.1, 0.15) is 367 Å². The molecule has 6 heteroatoms. The molecule has 0 amide bonds. The average Bonchev–Trinajstić information content (AvgIpc) is 3.45. The second kappa shape index (κ2) is 67.6. The molecule has 1 atom stereocenters. The van der Waals surface area contributed by atoms with Crippen molar-refractivity contribution in [1.82, 2.24) is 0 Å². The third-order valence-electron chi connectivity index (χ3n) is 15.5. The van der Waals surface area contributed by atoms with Gasteiger partial charge in [-0.2, -0.15) is 0 Å². The van der Waals surface area contributed by atoms with Gasteiger partial charge >= 0.3 is 17.9 Å². The van der Waals surface area contributed by atoms with Crippen LogP contribution in [0.2, 0.25) is 0 Å². The van der Waals surface area contributed by atoms with Gasteiger partial charge in [0.15, 0.2) is 6.10 Å². The highest BCUT2D eigenvalue weighted by molar-refractivity contribution is 5.71. The molecule has 0 radical (unpaired) electrons. The number of hydrogen-bond donors (Lipinski definition) is 0. The lowest BCUT2D eigenvalue weighted by Gasteiger charge is -2.18. The van der Waals surface area contributed by atoms with E-state index in [4.69, 9.17) is 14.2 Å². The Morgan fingerprint density at radius 2 is 0.506 bits per heavy atom. The van der Waals surface area contributed by atoms with Crippen LogP contribution in [0.3, 0.4) is 0 Å². The van der Waals surface area contributed by atoms with Crippen LogP contribution in [0.4, 0.5) is 0 Å². The summed E-state index contributed by atoms with van der Waals surface area (Å²) in [6.45, 7) is 6.51. The molecule has 0 aromatic rings. The van der Waals surface area contributed by atoms with E-state index in [1.54, 1.807) is 0 Å². The lowest BCUT2D eigenvalue weighted by molar-refractivity contribution is -0.167. The molecule has 0 spiro atoms. The van der Waals surface area contributed by atoms with E-state index in [-0.39, 0.29) is 31.1 Å². The Morgan fingerprint density at radius 3 is 0.823 bits per heavy atom. The molecule has 0 aliphatic heterocycles. The Hall–Kier alpha value is -2.89. The number of esters is 3. The highest BCUT2D eigenvalue weighted by Gasteiger charge is 2.19. The smallest absolute Gasteiger partial charge is 0.306 e. The summed E-state index contributed by atoms with van der Waals surface area (Å²) in [6.07, 6.45) is 87.1. The van der Waals surface area contributed by atoms with Gasteiger partial charge in [0.05, 0.1) is 0 Å². The van der Waals surface area contributed by atoms with Crippen molar-refractivity contribution < 1.29 is 28.6 Å². The monoisotopic (exact) mass is 1110 g/mol. The molecule has 0 heterocycles. The zero-order chi connectivity index (χ0) is 57.1. The van der Waals surface area contributed by atoms with Crippen molar-refractivity contribution in [1.29, 1.82) is 0 Å². The van der Waals surface area contributed by atoms with Crippen LogP contribution in [-0.2, 0) is 28.6 Å². The molecule has 460 valence electrons. The van der Waals surface area contributed by atoms with Crippen LogP contribution in [0, 0.1) is 0 Å². The lowest BCUT2D eigenvalue weighted by Crippen LogP contribution is -2.30. The predicted octanol–water partition coefficient (Wildman–Crippen LogP) is 23.9. The Kier molecular flexibility index (Phi) is 65.1. The molecule has 0 fully saturated rings. The second-order valence-corrected chi connectivity index (χ2v) is 23.4. The first-order valence-electron chi connectivity index (χ1n) is 34.8. The van der Waals surface area contributed by atoms with Crippen molar-refractivity contribution >= 4 is 17.9 Å². The van der Waals surface area contributed by atoms with E-state index in [9.17, 15) is 14.4 Å². The normalized spacial score (nSPS) is 12.4. The first kappa shape index (κ1) is 76.1. The van der Waals surface area contributed by atoms with Gasteiger partial charge in [-0.3, -0.25) is 14.4 Å². The second-order valence-electron chi connectivity index (χ2n) is 23.4. The highest BCUT2D eigenvalue weighted by atomic mass is 16.6. The number of allylic oxidation sites excluding steroid dienone is 10. The van der Waals surface area contributed by atoms with Crippen LogP contribution >= 0.6 is 0 Å². The largest absolute Gasteiger partial charge is 0.462 e. The Balaban J connectivity index is 4.09. The maximum Gasteiger partial charge on any atom is 0.306 e. The summed E-state index contributed by atoms with van der Waals surface area (Å²) in [5, 5.41) is 0. The molecule has 0 bridgehead atoms. The van der Waals surface area contributed by atoms with Gasteiger partial charge in [-0.1, -0.05) is 332 Å². The summed E-state index contributed by atoms with van der Waals surface area (Å²) in [6, 6.07) is 0. The third kappa shape index (κ3) is 65.8. The van der Waals surface area contributed by atoms with Crippen LogP contribution in [0.5, 0.6) is 0 Å². The summed E-state index contributed by atoms with van der Waals surface area (Å²) in [4.78, 5) is 38.3.